The lowest BCUT2D eigenvalue weighted by atomic mass is 9.88. The average Bonchev–Trinajstić information content (AvgIpc) is 2.95. The summed E-state index contributed by atoms with van der Waals surface area (Å²) in [6.07, 6.45) is -7.82. The van der Waals surface area contributed by atoms with Crippen molar-refractivity contribution in [2.75, 3.05) is 13.1 Å². The first kappa shape index (κ1) is 31.2. The van der Waals surface area contributed by atoms with Crippen LogP contribution in [-0.2, 0) is 17.5 Å². The van der Waals surface area contributed by atoms with E-state index in [0.29, 0.717) is 36.7 Å². The van der Waals surface area contributed by atoms with Gasteiger partial charge in [-0.2, -0.15) is 26.3 Å². The van der Waals surface area contributed by atoms with E-state index < -0.39 is 23.9 Å². The summed E-state index contributed by atoms with van der Waals surface area (Å²) in [6.45, 7) is 1.79. The number of amides is 1. The van der Waals surface area contributed by atoms with Gasteiger partial charge in [-0.25, -0.2) is 4.79 Å². The van der Waals surface area contributed by atoms with Crippen molar-refractivity contribution in [2.24, 2.45) is 5.73 Å². The molecule has 1 fully saturated rings. The number of rotatable bonds is 3. The van der Waals surface area contributed by atoms with E-state index in [2.05, 4.69) is 24.0 Å². The zero-order chi connectivity index (χ0) is 30.2. The first-order chi connectivity index (χ1) is 19.3. The maximum absolute atomic E-state index is 13.2. The van der Waals surface area contributed by atoms with Gasteiger partial charge in [0.2, 0.25) is 0 Å². The highest BCUT2D eigenvalue weighted by atomic mass is 19.4. The molecule has 0 unspecified atom stereocenters. The van der Waals surface area contributed by atoms with Crippen molar-refractivity contribution in [3.05, 3.63) is 106 Å². The van der Waals surface area contributed by atoms with Gasteiger partial charge in [0.25, 0.3) is 5.91 Å². The van der Waals surface area contributed by atoms with Crippen LogP contribution in [0.2, 0.25) is 0 Å². The van der Waals surface area contributed by atoms with Crippen LogP contribution in [0.1, 0.15) is 56.9 Å². The van der Waals surface area contributed by atoms with Crippen LogP contribution >= 0.6 is 0 Å². The predicted molar refractivity (Wildman–Crippen MR) is 140 cm³/mol. The molecule has 4 rings (SSSR count). The molecule has 1 aliphatic heterocycles. The molecule has 1 aliphatic rings. The fraction of sp³-hybridized carbons (Fsp3) is 0.267. The zero-order valence-electron chi connectivity index (χ0n) is 21.6. The number of carboxylic acids is 1. The van der Waals surface area contributed by atoms with Crippen LogP contribution in [0.3, 0.4) is 0 Å². The summed E-state index contributed by atoms with van der Waals surface area (Å²) in [4.78, 5) is 23.8. The SMILES string of the molecule is NCc1cccc(C2CCN(C(=O)c3cccc(C#Cc4ccccc4C(F)(F)F)c3)CC2)c1.O=C(O)C(F)(F)F. The molecule has 11 heteroatoms. The highest BCUT2D eigenvalue weighted by molar-refractivity contribution is 5.94. The summed E-state index contributed by atoms with van der Waals surface area (Å²) in [5, 5.41) is 7.12. The van der Waals surface area contributed by atoms with E-state index in [9.17, 15) is 31.1 Å². The summed E-state index contributed by atoms with van der Waals surface area (Å²) in [7, 11) is 0. The van der Waals surface area contributed by atoms with E-state index in [1.54, 1.807) is 24.3 Å². The molecular formula is C30H26F6N2O3. The number of nitrogens with two attached hydrogens (primary N) is 1. The summed E-state index contributed by atoms with van der Waals surface area (Å²) in [6, 6.07) is 20.3. The van der Waals surface area contributed by atoms with Gasteiger partial charge in [0.1, 0.15) is 0 Å². The van der Waals surface area contributed by atoms with Gasteiger partial charge >= 0.3 is 18.3 Å². The molecule has 1 amide bonds. The third kappa shape index (κ3) is 8.85. The number of carboxylic acid groups (broad SMARTS) is 1. The van der Waals surface area contributed by atoms with Gasteiger partial charge in [0.05, 0.1) is 5.56 Å². The van der Waals surface area contributed by atoms with Crippen LogP contribution in [0.5, 0.6) is 0 Å². The van der Waals surface area contributed by atoms with Crippen molar-refractivity contribution < 1.29 is 41.0 Å². The first-order valence-corrected chi connectivity index (χ1v) is 12.5. The standard InChI is InChI=1S/C28H25F3N2O.C2HF3O2/c29-28(30,31)26-10-2-1-7-23(26)12-11-20-5-3-9-25(17-20)27(34)33-15-13-22(14-16-33)24-8-4-6-21(18-24)19-32;3-2(4,5)1(6)7/h1-10,17-18,22H,13-16,19,32H2;(H,6,7). The maximum Gasteiger partial charge on any atom is 0.490 e. The Kier molecular flexibility index (Phi) is 10.2. The molecule has 5 nitrogen and oxygen atoms in total. The molecule has 0 radical (unpaired) electrons. The molecule has 0 bridgehead atoms. The monoisotopic (exact) mass is 576 g/mol. The highest BCUT2D eigenvalue weighted by Crippen LogP contribution is 2.32. The number of carbonyl (C=O) groups is 2. The summed E-state index contributed by atoms with van der Waals surface area (Å²) >= 11 is 0. The minimum Gasteiger partial charge on any atom is -0.475 e. The zero-order valence-corrected chi connectivity index (χ0v) is 21.6. The van der Waals surface area contributed by atoms with E-state index in [1.165, 1.54) is 23.8 Å². The fourth-order valence-electron chi connectivity index (χ4n) is 4.28. The third-order valence-electron chi connectivity index (χ3n) is 6.37. The molecule has 216 valence electrons. The normalized spacial score (nSPS) is 13.9. The molecule has 0 aliphatic carbocycles. The Balaban J connectivity index is 0.000000587. The van der Waals surface area contributed by atoms with Gasteiger partial charge in [-0.15, -0.1) is 0 Å². The van der Waals surface area contributed by atoms with Crippen molar-refractivity contribution >= 4 is 11.9 Å². The van der Waals surface area contributed by atoms with Crippen molar-refractivity contribution in [3.8, 4) is 11.8 Å². The van der Waals surface area contributed by atoms with Crippen LogP contribution in [0, 0.1) is 11.8 Å². The Morgan fingerprint density at radius 3 is 2.12 bits per heavy atom. The Morgan fingerprint density at radius 2 is 1.51 bits per heavy atom. The maximum atomic E-state index is 13.2. The van der Waals surface area contributed by atoms with Crippen LogP contribution < -0.4 is 5.73 Å². The van der Waals surface area contributed by atoms with Gasteiger partial charge in [-0.05, 0) is 60.2 Å². The number of hydrogen-bond donors (Lipinski definition) is 2. The predicted octanol–water partition coefficient (Wildman–Crippen LogP) is 6.22. The van der Waals surface area contributed by atoms with E-state index in [4.69, 9.17) is 15.6 Å². The van der Waals surface area contributed by atoms with Crippen molar-refractivity contribution in [3.63, 3.8) is 0 Å². The van der Waals surface area contributed by atoms with Crippen LogP contribution in [0.4, 0.5) is 26.3 Å². The molecular weight excluding hydrogens is 550 g/mol. The molecule has 0 spiro atoms. The molecule has 0 saturated carbocycles. The van der Waals surface area contributed by atoms with Crippen molar-refractivity contribution in [1.29, 1.82) is 0 Å². The second kappa shape index (κ2) is 13.4. The number of alkyl halides is 6. The Morgan fingerprint density at radius 1 is 0.878 bits per heavy atom. The molecule has 41 heavy (non-hydrogen) atoms. The number of piperidine rings is 1. The van der Waals surface area contributed by atoms with E-state index in [0.717, 1.165) is 24.5 Å². The van der Waals surface area contributed by atoms with Gasteiger partial charge < -0.3 is 15.7 Å². The second-order valence-electron chi connectivity index (χ2n) is 9.19. The number of aliphatic carboxylic acids is 1. The van der Waals surface area contributed by atoms with Gasteiger partial charge in [-0.1, -0.05) is 54.3 Å². The summed E-state index contributed by atoms with van der Waals surface area (Å²) in [5.74, 6) is 2.94. The Labute approximate surface area is 232 Å². The number of nitrogens with zero attached hydrogens (tertiary/aromatic N) is 1. The molecule has 0 atom stereocenters. The lowest BCUT2D eigenvalue weighted by Crippen LogP contribution is -2.37. The van der Waals surface area contributed by atoms with E-state index in [1.807, 2.05) is 17.0 Å². The molecule has 0 aromatic heterocycles. The summed E-state index contributed by atoms with van der Waals surface area (Å²) in [5.41, 5.74) is 8.24. The lowest BCUT2D eigenvalue weighted by Gasteiger charge is -2.32. The minimum absolute atomic E-state index is 0.0894. The average molecular weight is 577 g/mol. The second-order valence-corrected chi connectivity index (χ2v) is 9.19. The smallest absolute Gasteiger partial charge is 0.475 e. The minimum atomic E-state index is -5.08. The Bertz CT molecular complexity index is 1430. The number of carbonyl (C=O) groups excluding carboxylic acids is 1. The Hall–Kier alpha value is -4.30. The summed E-state index contributed by atoms with van der Waals surface area (Å²) < 4.78 is 71.3. The quantitative estimate of drug-likeness (QED) is 0.287. The topological polar surface area (TPSA) is 83.6 Å². The highest BCUT2D eigenvalue weighted by Gasteiger charge is 2.38. The largest absolute Gasteiger partial charge is 0.490 e. The first-order valence-electron chi connectivity index (χ1n) is 12.5. The van der Waals surface area contributed by atoms with Crippen LogP contribution in [-0.4, -0.2) is 41.1 Å². The number of benzene rings is 3. The third-order valence-corrected chi connectivity index (χ3v) is 6.37. The van der Waals surface area contributed by atoms with Crippen molar-refractivity contribution in [2.45, 2.75) is 37.7 Å². The van der Waals surface area contributed by atoms with Gasteiger partial charge in [0.15, 0.2) is 0 Å². The number of halogens is 6. The van der Waals surface area contributed by atoms with Crippen molar-refractivity contribution in [1.82, 2.24) is 4.90 Å². The molecule has 3 aromatic carbocycles. The van der Waals surface area contributed by atoms with E-state index >= 15 is 0 Å². The number of hydrogen-bond acceptors (Lipinski definition) is 3. The molecule has 3 N–H and O–H groups in total. The molecule has 3 aromatic rings. The molecule has 1 heterocycles. The number of likely N-dealkylation sites (tertiary alicyclic amines) is 1. The lowest BCUT2D eigenvalue weighted by molar-refractivity contribution is -0.192. The van der Waals surface area contributed by atoms with Crippen LogP contribution in [0.25, 0.3) is 0 Å². The van der Waals surface area contributed by atoms with E-state index in [-0.39, 0.29) is 11.5 Å². The van der Waals surface area contributed by atoms with Gasteiger partial charge in [-0.3, -0.25) is 4.79 Å². The van der Waals surface area contributed by atoms with Gasteiger partial charge in [0, 0.05) is 36.3 Å². The fourth-order valence-corrected chi connectivity index (χ4v) is 4.28. The molecule has 1 saturated heterocycles. The van der Waals surface area contributed by atoms with Crippen LogP contribution in [0.15, 0.2) is 72.8 Å².